The van der Waals surface area contributed by atoms with Gasteiger partial charge in [0, 0.05) is 0 Å². The van der Waals surface area contributed by atoms with Crippen LogP contribution in [0.15, 0.2) is 71.6 Å². The zero-order valence-corrected chi connectivity index (χ0v) is 14.5. The Morgan fingerprint density at radius 3 is 2.58 bits per heavy atom. The lowest BCUT2D eigenvalue weighted by atomic mass is 10.0. The number of carbonyl (C=O) groups is 2. The highest BCUT2D eigenvalue weighted by atomic mass is 32.2. The van der Waals surface area contributed by atoms with Crippen LogP contribution in [-0.4, -0.2) is 16.0 Å². The molecule has 1 saturated heterocycles. The van der Waals surface area contributed by atoms with E-state index in [2.05, 4.69) is 0 Å². The van der Waals surface area contributed by atoms with Crippen molar-refractivity contribution in [1.82, 2.24) is 4.90 Å². The second-order valence-electron chi connectivity index (χ2n) is 5.96. The molecule has 26 heavy (non-hydrogen) atoms. The van der Waals surface area contributed by atoms with Gasteiger partial charge in [-0.1, -0.05) is 54.6 Å². The van der Waals surface area contributed by atoms with Crippen LogP contribution in [-0.2, 0) is 11.3 Å². The zero-order chi connectivity index (χ0) is 18.1. The van der Waals surface area contributed by atoms with Gasteiger partial charge in [-0.05, 0) is 51.9 Å². The van der Waals surface area contributed by atoms with Crippen LogP contribution in [0.5, 0.6) is 0 Å². The minimum Gasteiger partial charge on any atom is -0.268 e. The maximum absolute atomic E-state index is 13.3. The molecule has 0 atom stereocenters. The van der Waals surface area contributed by atoms with Crippen molar-refractivity contribution in [3.05, 3.63) is 88.6 Å². The highest BCUT2D eigenvalue weighted by Crippen LogP contribution is 2.34. The average Bonchev–Trinajstić information content (AvgIpc) is 2.89. The maximum Gasteiger partial charge on any atom is 0.293 e. The van der Waals surface area contributed by atoms with E-state index in [1.54, 1.807) is 18.2 Å². The first kappa shape index (κ1) is 16.5. The molecule has 0 radical (unpaired) electrons. The van der Waals surface area contributed by atoms with Gasteiger partial charge in [0.05, 0.1) is 11.4 Å². The minimum atomic E-state index is -0.381. The molecule has 0 spiro atoms. The Labute approximate surface area is 154 Å². The van der Waals surface area contributed by atoms with Crippen molar-refractivity contribution in [3.8, 4) is 0 Å². The monoisotopic (exact) mass is 363 g/mol. The second-order valence-corrected chi connectivity index (χ2v) is 6.95. The Balaban J connectivity index is 1.63. The molecule has 0 saturated carbocycles. The van der Waals surface area contributed by atoms with Gasteiger partial charge in [0.2, 0.25) is 0 Å². The standard InChI is InChI=1S/C21H14FNO2S/c22-17-9-3-5-14(11-17)12-19-20(24)23(21(25)26-19)13-16-8-4-7-15-6-1-2-10-18(15)16/h1-12H,13H2/b19-12+. The van der Waals surface area contributed by atoms with Gasteiger partial charge in [-0.2, -0.15) is 0 Å². The lowest BCUT2D eigenvalue weighted by molar-refractivity contribution is -0.123. The number of carbonyl (C=O) groups excluding carboxylic acids is 2. The summed E-state index contributed by atoms with van der Waals surface area (Å²) in [6.07, 6.45) is 1.55. The van der Waals surface area contributed by atoms with Gasteiger partial charge in [0.15, 0.2) is 0 Å². The number of hydrogen-bond acceptors (Lipinski definition) is 3. The average molecular weight is 363 g/mol. The number of fused-ring (bicyclic) bond motifs is 1. The Bertz CT molecular complexity index is 1060. The fourth-order valence-electron chi connectivity index (χ4n) is 2.98. The molecule has 1 heterocycles. The predicted octanol–water partition coefficient (Wildman–Crippen LogP) is 5.22. The first-order chi connectivity index (χ1) is 12.6. The molecule has 128 valence electrons. The van der Waals surface area contributed by atoms with Crippen LogP contribution in [0.2, 0.25) is 0 Å². The third kappa shape index (κ3) is 3.13. The number of thioether (sulfide) groups is 1. The first-order valence-corrected chi connectivity index (χ1v) is 8.91. The normalized spacial score (nSPS) is 16.0. The molecular formula is C21H14FNO2S. The summed E-state index contributed by atoms with van der Waals surface area (Å²) in [5.41, 5.74) is 1.47. The van der Waals surface area contributed by atoms with E-state index in [1.165, 1.54) is 17.0 Å². The summed E-state index contributed by atoms with van der Waals surface area (Å²) >= 11 is 0.883. The molecule has 1 fully saturated rings. The van der Waals surface area contributed by atoms with E-state index in [-0.39, 0.29) is 23.5 Å². The lowest BCUT2D eigenvalue weighted by Gasteiger charge is -2.14. The molecule has 3 aromatic rings. The molecule has 0 aliphatic carbocycles. The molecule has 0 bridgehead atoms. The number of benzene rings is 3. The quantitative estimate of drug-likeness (QED) is 0.599. The van der Waals surface area contributed by atoms with Gasteiger partial charge < -0.3 is 0 Å². The number of nitrogens with zero attached hydrogens (tertiary/aromatic N) is 1. The van der Waals surface area contributed by atoms with Crippen LogP contribution in [0.25, 0.3) is 16.8 Å². The van der Waals surface area contributed by atoms with Crippen molar-refractivity contribution in [2.45, 2.75) is 6.54 Å². The van der Waals surface area contributed by atoms with Gasteiger partial charge in [0.1, 0.15) is 5.82 Å². The van der Waals surface area contributed by atoms with Gasteiger partial charge in [0.25, 0.3) is 11.1 Å². The van der Waals surface area contributed by atoms with Crippen LogP contribution >= 0.6 is 11.8 Å². The SMILES string of the molecule is O=C1S/C(=C/c2cccc(F)c2)C(=O)N1Cc1cccc2ccccc12. The summed E-state index contributed by atoms with van der Waals surface area (Å²) in [6.45, 7) is 0.215. The van der Waals surface area contributed by atoms with Crippen LogP contribution < -0.4 is 0 Å². The van der Waals surface area contributed by atoms with Gasteiger partial charge in [-0.25, -0.2) is 4.39 Å². The van der Waals surface area contributed by atoms with Crippen molar-refractivity contribution in [3.63, 3.8) is 0 Å². The third-order valence-electron chi connectivity index (χ3n) is 4.23. The Hall–Kier alpha value is -2.92. The largest absolute Gasteiger partial charge is 0.293 e. The van der Waals surface area contributed by atoms with Crippen molar-refractivity contribution >= 4 is 39.8 Å². The predicted molar refractivity (Wildman–Crippen MR) is 102 cm³/mol. The molecule has 1 aliphatic heterocycles. The molecule has 0 N–H and O–H groups in total. The fourth-order valence-corrected chi connectivity index (χ4v) is 3.82. The van der Waals surface area contributed by atoms with Crippen LogP contribution in [0.1, 0.15) is 11.1 Å². The molecule has 3 aromatic carbocycles. The lowest BCUT2D eigenvalue weighted by Crippen LogP contribution is -2.27. The molecule has 1 aliphatic rings. The van der Waals surface area contributed by atoms with Crippen molar-refractivity contribution in [2.75, 3.05) is 0 Å². The Morgan fingerprint density at radius 2 is 1.73 bits per heavy atom. The zero-order valence-electron chi connectivity index (χ0n) is 13.7. The molecule has 5 heteroatoms. The van der Waals surface area contributed by atoms with Crippen LogP contribution in [0, 0.1) is 5.82 Å². The first-order valence-electron chi connectivity index (χ1n) is 8.09. The molecular weight excluding hydrogens is 349 g/mol. The third-order valence-corrected chi connectivity index (χ3v) is 5.14. The number of halogens is 1. The Kier molecular flexibility index (Phi) is 4.31. The van der Waals surface area contributed by atoms with Crippen LogP contribution in [0.3, 0.4) is 0 Å². The summed E-state index contributed by atoms with van der Waals surface area (Å²) < 4.78 is 13.3. The molecule has 0 aromatic heterocycles. The smallest absolute Gasteiger partial charge is 0.268 e. The van der Waals surface area contributed by atoms with Gasteiger partial charge in [-0.3, -0.25) is 14.5 Å². The topological polar surface area (TPSA) is 37.4 Å². The van der Waals surface area contributed by atoms with E-state index in [1.807, 2.05) is 42.5 Å². The van der Waals surface area contributed by atoms with E-state index < -0.39 is 0 Å². The highest BCUT2D eigenvalue weighted by molar-refractivity contribution is 8.18. The molecule has 3 nitrogen and oxygen atoms in total. The second kappa shape index (κ2) is 6.77. The minimum absolute atomic E-state index is 0.215. The number of imide groups is 1. The van der Waals surface area contributed by atoms with Crippen molar-refractivity contribution in [2.24, 2.45) is 0 Å². The van der Waals surface area contributed by atoms with E-state index >= 15 is 0 Å². The summed E-state index contributed by atoms with van der Waals surface area (Å²) in [6, 6.07) is 19.6. The van der Waals surface area contributed by atoms with E-state index in [0.717, 1.165) is 28.1 Å². The highest BCUT2D eigenvalue weighted by Gasteiger charge is 2.35. The van der Waals surface area contributed by atoms with E-state index in [4.69, 9.17) is 0 Å². The van der Waals surface area contributed by atoms with Crippen molar-refractivity contribution < 1.29 is 14.0 Å². The van der Waals surface area contributed by atoms with Gasteiger partial charge >= 0.3 is 0 Å². The molecule has 4 rings (SSSR count). The van der Waals surface area contributed by atoms with Gasteiger partial charge in [-0.15, -0.1) is 0 Å². The molecule has 2 amide bonds. The van der Waals surface area contributed by atoms with E-state index in [0.29, 0.717) is 10.5 Å². The summed E-state index contributed by atoms with van der Waals surface area (Å²) in [7, 11) is 0. The maximum atomic E-state index is 13.3. The summed E-state index contributed by atoms with van der Waals surface area (Å²) in [5, 5.41) is 1.76. The number of rotatable bonds is 3. The number of amides is 2. The van der Waals surface area contributed by atoms with E-state index in [9.17, 15) is 14.0 Å². The fraction of sp³-hybridized carbons (Fsp3) is 0.0476. The molecule has 0 unspecified atom stereocenters. The van der Waals surface area contributed by atoms with Crippen molar-refractivity contribution in [1.29, 1.82) is 0 Å². The van der Waals surface area contributed by atoms with Crippen LogP contribution in [0.4, 0.5) is 9.18 Å². The summed E-state index contributed by atoms with van der Waals surface area (Å²) in [5.74, 6) is -0.731. The Morgan fingerprint density at radius 1 is 0.962 bits per heavy atom. The number of hydrogen-bond donors (Lipinski definition) is 0. The summed E-state index contributed by atoms with van der Waals surface area (Å²) in [4.78, 5) is 26.6.